The van der Waals surface area contributed by atoms with Gasteiger partial charge in [0.2, 0.25) is 0 Å². The third-order valence-corrected chi connectivity index (χ3v) is 4.84. The number of benzene rings is 3. The molecule has 1 N–H and O–H groups in total. The van der Waals surface area contributed by atoms with Gasteiger partial charge in [-0.3, -0.25) is 0 Å². The molecule has 0 saturated heterocycles. The molecule has 3 aromatic rings. The van der Waals surface area contributed by atoms with Crippen LogP contribution >= 0.6 is 0 Å². The Morgan fingerprint density at radius 2 is 1.15 bits per heavy atom. The molecule has 0 aromatic heterocycles. The first kappa shape index (κ1) is 16.2. The number of aliphatic hydroxyl groups excluding tert-OH is 1. The molecule has 1 unspecified atom stereocenters. The smallest absolute Gasteiger partial charge is 0.120 e. The highest BCUT2D eigenvalue weighted by Crippen LogP contribution is 2.47. The zero-order chi connectivity index (χ0) is 17.9. The van der Waals surface area contributed by atoms with E-state index in [0.29, 0.717) is 5.76 Å². The number of rotatable bonds is 3. The van der Waals surface area contributed by atoms with Crippen molar-refractivity contribution in [3.05, 3.63) is 132 Å². The van der Waals surface area contributed by atoms with Gasteiger partial charge in [-0.25, -0.2) is 0 Å². The molecular weight excluding hydrogens is 316 g/mol. The summed E-state index contributed by atoms with van der Waals surface area (Å²) in [7, 11) is 0. The van der Waals surface area contributed by atoms with Crippen LogP contribution in [0.15, 0.2) is 115 Å². The molecule has 0 bridgehead atoms. The van der Waals surface area contributed by atoms with E-state index in [-0.39, 0.29) is 5.92 Å². The Morgan fingerprint density at radius 1 is 0.654 bits per heavy atom. The fourth-order valence-corrected chi connectivity index (χ4v) is 3.62. The van der Waals surface area contributed by atoms with Gasteiger partial charge in [-0.15, -0.1) is 0 Å². The average molecular weight is 336 g/mol. The van der Waals surface area contributed by atoms with E-state index in [1.54, 1.807) is 0 Å². The maximum atomic E-state index is 11.0. The zero-order valence-corrected chi connectivity index (χ0v) is 14.5. The Kier molecular flexibility index (Phi) is 4.28. The molecule has 0 radical (unpaired) electrons. The van der Waals surface area contributed by atoms with Crippen molar-refractivity contribution in [3.63, 3.8) is 0 Å². The minimum Gasteiger partial charge on any atom is -0.508 e. The van der Waals surface area contributed by atoms with Gasteiger partial charge in [0, 0.05) is 11.5 Å². The van der Waals surface area contributed by atoms with Crippen molar-refractivity contribution < 1.29 is 5.11 Å². The molecule has 126 valence electrons. The number of allylic oxidation sites excluding steroid dienone is 4. The van der Waals surface area contributed by atoms with Crippen molar-refractivity contribution >= 4 is 11.1 Å². The summed E-state index contributed by atoms with van der Waals surface area (Å²) in [4.78, 5) is 0. The zero-order valence-electron chi connectivity index (χ0n) is 14.5. The molecule has 1 nitrogen and oxygen atoms in total. The summed E-state index contributed by atoms with van der Waals surface area (Å²) < 4.78 is 0. The molecule has 1 aliphatic carbocycles. The number of hydrogen-bond donors (Lipinski definition) is 1. The predicted octanol–water partition coefficient (Wildman–Crippen LogP) is 6.39. The maximum Gasteiger partial charge on any atom is 0.120 e. The molecule has 1 heteroatoms. The van der Waals surface area contributed by atoms with Crippen molar-refractivity contribution in [1.29, 1.82) is 0 Å². The Labute approximate surface area is 154 Å². The number of aliphatic hydroxyl groups is 1. The fraction of sp³-hybridized carbons (Fsp3) is 0.0400. The van der Waals surface area contributed by atoms with Crippen LogP contribution in [-0.4, -0.2) is 5.11 Å². The summed E-state index contributed by atoms with van der Waals surface area (Å²) in [6.07, 6.45) is 1.85. The molecule has 3 aromatic carbocycles. The van der Waals surface area contributed by atoms with Gasteiger partial charge >= 0.3 is 0 Å². The van der Waals surface area contributed by atoms with Crippen molar-refractivity contribution in [2.45, 2.75) is 5.92 Å². The first-order valence-corrected chi connectivity index (χ1v) is 8.75. The summed E-state index contributed by atoms with van der Waals surface area (Å²) in [5.74, 6) is 0.218. The second kappa shape index (κ2) is 6.89. The summed E-state index contributed by atoms with van der Waals surface area (Å²) in [5, 5.41) is 11.0. The first-order valence-electron chi connectivity index (χ1n) is 8.75. The second-order valence-electron chi connectivity index (χ2n) is 6.46. The maximum absolute atomic E-state index is 11.0. The lowest BCUT2D eigenvalue weighted by Crippen LogP contribution is -2.13. The Morgan fingerprint density at radius 3 is 1.73 bits per heavy atom. The highest BCUT2D eigenvalue weighted by Gasteiger charge is 2.30. The van der Waals surface area contributed by atoms with Crippen LogP contribution in [-0.2, 0) is 0 Å². The van der Waals surface area contributed by atoms with Gasteiger partial charge in [0.15, 0.2) is 0 Å². The van der Waals surface area contributed by atoms with E-state index in [1.807, 2.05) is 72.8 Å². The van der Waals surface area contributed by atoms with Gasteiger partial charge in [-0.2, -0.15) is 0 Å². The molecule has 4 rings (SSSR count). The van der Waals surface area contributed by atoms with Crippen LogP contribution in [0.1, 0.15) is 22.6 Å². The normalized spacial score (nSPS) is 17.2. The number of hydrogen-bond acceptors (Lipinski definition) is 1. The van der Waals surface area contributed by atoms with Crippen molar-refractivity contribution in [3.8, 4) is 0 Å². The van der Waals surface area contributed by atoms with Crippen LogP contribution < -0.4 is 0 Å². The highest BCUT2D eigenvalue weighted by atomic mass is 16.3. The second-order valence-corrected chi connectivity index (χ2v) is 6.46. The Bertz CT molecular complexity index is 980. The van der Waals surface area contributed by atoms with E-state index >= 15 is 0 Å². The standard InChI is InChI=1S/C25H20O/c1-18-22(19-11-5-2-6-12-19)17-23(26)25(21-15-9-4-10-16-21)24(18)20-13-7-3-8-14-20/h2-17,24,26H,1H2. The molecule has 0 saturated carbocycles. The molecular formula is C25H20O. The van der Waals surface area contributed by atoms with E-state index in [2.05, 4.69) is 30.8 Å². The summed E-state index contributed by atoms with van der Waals surface area (Å²) in [6.45, 7) is 4.43. The van der Waals surface area contributed by atoms with Gasteiger partial charge in [0.1, 0.15) is 5.76 Å². The largest absolute Gasteiger partial charge is 0.508 e. The van der Waals surface area contributed by atoms with Gasteiger partial charge in [0.25, 0.3) is 0 Å². The van der Waals surface area contributed by atoms with E-state index in [1.165, 1.54) is 0 Å². The molecule has 0 amide bonds. The fourth-order valence-electron chi connectivity index (χ4n) is 3.62. The minimum atomic E-state index is -0.0844. The van der Waals surface area contributed by atoms with Gasteiger partial charge in [-0.1, -0.05) is 97.6 Å². The van der Waals surface area contributed by atoms with Crippen LogP contribution in [0.2, 0.25) is 0 Å². The van der Waals surface area contributed by atoms with Crippen molar-refractivity contribution in [2.75, 3.05) is 0 Å². The van der Waals surface area contributed by atoms with Gasteiger partial charge in [0.05, 0.1) is 0 Å². The third-order valence-electron chi connectivity index (χ3n) is 4.84. The lowest BCUT2D eigenvalue weighted by atomic mass is 9.74. The Balaban J connectivity index is 1.93. The highest BCUT2D eigenvalue weighted by molar-refractivity contribution is 5.93. The third kappa shape index (κ3) is 2.89. The van der Waals surface area contributed by atoms with Crippen LogP contribution in [0, 0.1) is 0 Å². The molecule has 0 spiro atoms. The first-order chi connectivity index (χ1) is 12.8. The molecule has 0 heterocycles. The van der Waals surface area contributed by atoms with E-state index < -0.39 is 0 Å². The average Bonchev–Trinajstić information content (AvgIpc) is 2.71. The minimum absolute atomic E-state index is 0.0844. The van der Waals surface area contributed by atoms with E-state index in [0.717, 1.165) is 33.4 Å². The predicted molar refractivity (Wildman–Crippen MR) is 109 cm³/mol. The lowest BCUT2D eigenvalue weighted by molar-refractivity contribution is 0.432. The van der Waals surface area contributed by atoms with Crippen LogP contribution in [0.3, 0.4) is 0 Å². The van der Waals surface area contributed by atoms with Crippen LogP contribution in [0.5, 0.6) is 0 Å². The summed E-state index contributed by atoms with van der Waals surface area (Å²) in [6, 6.07) is 30.4. The van der Waals surface area contributed by atoms with Gasteiger partial charge in [-0.05, 0) is 33.9 Å². The Hall–Kier alpha value is -3.32. The molecule has 26 heavy (non-hydrogen) atoms. The van der Waals surface area contributed by atoms with Gasteiger partial charge < -0.3 is 5.11 Å². The molecule has 0 aliphatic heterocycles. The lowest BCUT2D eigenvalue weighted by Gasteiger charge is -2.30. The van der Waals surface area contributed by atoms with Crippen LogP contribution in [0.4, 0.5) is 0 Å². The molecule has 1 aliphatic rings. The monoisotopic (exact) mass is 336 g/mol. The van der Waals surface area contributed by atoms with Crippen molar-refractivity contribution in [2.24, 2.45) is 0 Å². The van der Waals surface area contributed by atoms with E-state index in [9.17, 15) is 5.11 Å². The quantitative estimate of drug-likeness (QED) is 0.587. The molecule has 1 atom stereocenters. The summed E-state index contributed by atoms with van der Waals surface area (Å²) >= 11 is 0. The van der Waals surface area contributed by atoms with Crippen molar-refractivity contribution in [1.82, 2.24) is 0 Å². The molecule has 0 fully saturated rings. The topological polar surface area (TPSA) is 20.2 Å². The van der Waals surface area contributed by atoms with Crippen LogP contribution in [0.25, 0.3) is 11.1 Å². The SMILES string of the molecule is C=C1C(c2ccccc2)=CC(O)=C(c2ccccc2)C1c1ccccc1. The van der Waals surface area contributed by atoms with E-state index in [4.69, 9.17) is 0 Å². The summed E-state index contributed by atoms with van der Waals surface area (Å²) in [5.41, 5.74) is 6.10.